The highest BCUT2D eigenvalue weighted by atomic mass is 35.5. The molecule has 0 saturated heterocycles. The molecule has 0 aliphatic carbocycles. The number of fused-ring (bicyclic) bond motifs is 1. The number of halogens is 1. The van der Waals surface area contributed by atoms with Crippen molar-refractivity contribution >= 4 is 28.7 Å². The highest BCUT2D eigenvalue weighted by Crippen LogP contribution is 2.22. The van der Waals surface area contributed by atoms with Crippen LogP contribution in [0.25, 0.3) is 11.1 Å². The molecule has 0 N–H and O–H groups in total. The summed E-state index contributed by atoms with van der Waals surface area (Å²) in [5.41, 5.74) is 1.68. The summed E-state index contributed by atoms with van der Waals surface area (Å²) in [6, 6.07) is 3.24. The van der Waals surface area contributed by atoms with Crippen LogP contribution in [0.2, 0.25) is 5.02 Å². The molecule has 1 heterocycles. The third-order valence-corrected chi connectivity index (χ3v) is 2.90. The maximum atomic E-state index is 11.5. The Balaban J connectivity index is 2.54. The van der Waals surface area contributed by atoms with Crippen LogP contribution in [0.15, 0.2) is 21.3 Å². The van der Waals surface area contributed by atoms with Crippen molar-refractivity contribution < 1.29 is 14.3 Å². The highest BCUT2D eigenvalue weighted by Gasteiger charge is 2.10. The molecule has 0 amide bonds. The van der Waals surface area contributed by atoms with E-state index in [1.807, 2.05) is 0 Å². The maximum Gasteiger partial charge on any atom is 0.419 e. The predicted octanol–water partition coefficient (Wildman–Crippen LogP) is 0.696. The van der Waals surface area contributed by atoms with Gasteiger partial charge in [0, 0.05) is 24.0 Å². The summed E-state index contributed by atoms with van der Waals surface area (Å²) in [5, 5.41) is 10.9. The van der Waals surface area contributed by atoms with Gasteiger partial charge in [-0.3, -0.25) is 4.57 Å². The van der Waals surface area contributed by atoms with Crippen LogP contribution in [0, 0.1) is 6.92 Å². The molecule has 90 valence electrons. The fraction of sp³-hybridized carbons (Fsp3) is 0.273. The van der Waals surface area contributed by atoms with Crippen LogP contribution in [0.5, 0.6) is 0 Å². The maximum absolute atomic E-state index is 11.5. The summed E-state index contributed by atoms with van der Waals surface area (Å²) < 4.78 is 6.24. The first-order valence-corrected chi connectivity index (χ1v) is 5.36. The Morgan fingerprint density at radius 3 is 2.88 bits per heavy atom. The van der Waals surface area contributed by atoms with Gasteiger partial charge in [0.15, 0.2) is 5.58 Å². The van der Waals surface area contributed by atoms with E-state index >= 15 is 0 Å². The van der Waals surface area contributed by atoms with Gasteiger partial charge < -0.3 is 14.3 Å². The topological polar surface area (TPSA) is 75.3 Å². The molecule has 0 radical (unpaired) electrons. The second-order valence-corrected chi connectivity index (χ2v) is 4.12. The van der Waals surface area contributed by atoms with Gasteiger partial charge in [-0.1, -0.05) is 11.6 Å². The van der Waals surface area contributed by atoms with Crippen LogP contribution in [0.1, 0.15) is 12.0 Å². The highest BCUT2D eigenvalue weighted by molar-refractivity contribution is 6.32. The molecule has 0 spiro atoms. The minimum Gasteiger partial charge on any atom is -0.550 e. The van der Waals surface area contributed by atoms with Crippen molar-refractivity contribution in [2.24, 2.45) is 0 Å². The average Bonchev–Trinajstić information content (AvgIpc) is 2.52. The minimum absolute atomic E-state index is 0.00750. The van der Waals surface area contributed by atoms with E-state index in [0.717, 1.165) is 5.56 Å². The lowest BCUT2D eigenvalue weighted by molar-refractivity contribution is -0.305. The first kappa shape index (κ1) is 11.7. The number of hydrogen-bond acceptors (Lipinski definition) is 4. The lowest BCUT2D eigenvalue weighted by Gasteiger charge is -2.03. The van der Waals surface area contributed by atoms with Gasteiger partial charge in [-0.2, -0.15) is 0 Å². The SMILES string of the molecule is Cc1cc2oc(=O)n(CCC(=O)[O-])c2cc1Cl. The van der Waals surface area contributed by atoms with Gasteiger partial charge in [-0.15, -0.1) is 0 Å². The van der Waals surface area contributed by atoms with Gasteiger partial charge in [0.2, 0.25) is 0 Å². The Morgan fingerprint density at radius 2 is 2.24 bits per heavy atom. The zero-order chi connectivity index (χ0) is 12.6. The lowest BCUT2D eigenvalue weighted by atomic mass is 10.2. The molecule has 0 aliphatic rings. The quantitative estimate of drug-likeness (QED) is 0.808. The average molecular weight is 255 g/mol. The summed E-state index contributed by atoms with van der Waals surface area (Å²) in [5.74, 6) is -1.81. The molecule has 0 fully saturated rings. The number of benzene rings is 1. The molecular formula is C11H9ClNO4-. The molecule has 0 bridgehead atoms. The Kier molecular flexibility index (Phi) is 2.93. The molecule has 0 saturated carbocycles. The van der Waals surface area contributed by atoms with Crippen molar-refractivity contribution in [1.29, 1.82) is 0 Å². The first-order valence-electron chi connectivity index (χ1n) is 4.98. The summed E-state index contributed by atoms with van der Waals surface area (Å²) in [6.07, 6.45) is -0.250. The van der Waals surface area contributed by atoms with Gasteiger partial charge in [0.25, 0.3) is 0 Å². The van der Waals surface area contributed by atoms with E-state index in [9.17, 15) is 14.7 Å². The van der Waals surface area contributed by atoms with E-state index in [4.69, 9.17) is 16.0 Å². The van der Waals surface area contributed by atoms with E-state index in [1.165, 1.54) is 4.57 Å². The number of oxazole rings is 1. The number of aliphatic carboxylic acids is 1. The zero-order valence-electron chi connectivity index (χ0n) is 9.03. The van der Waals surface area contributed by atoms with Crippen molar-refractivity contribution in [2.75, 3.05) is 0 Å². The Bertz CT molecular complexity index is 641. The molecule has 0 atom stereocenters. The molecular weight excluding hydrogens is 246 g/mol. The number of rotatable bonds is 3. The van der Waals surface area contributed by atoms with E-state index in [-0.39, 0.29) is 13.0 Å². The van der Waals surface area contributed by atoms with Crippen LogP contribution in [0.3, 0.4) is 0 Å². The number of aromatic nitrogens is 1. The minimum atomic E-state index is -1.22. The van der Waals surface area contributed by atoms with E-state index in [1.54, 1.807) is 19.1 Å². The van der Waals surface area contributed by atoms with Crippen molar-refractivity contribution in [3.8, 4) is 0 Å². The molecule has 5 nitrogen and oxygen atoms in total. The summed E-state index contributed by atoms with van der Waals surface area (Å²) >= 11 is 5.95. The van der Waals surface area contributed by atoms with Gasteiger partial charge in [-0.05, 0) is 24.6 Å². The molecule has 0 unspecified atom stereocenters. The van der Waals surface area contributed by atoms with Crippen LogP contribution >= 0.6 is 11.6 Å². The number of aryl methyl sites for hydroxylation is 2. The van der Waals surface area contributed by atoms with Crippen molar-refractivity contribution in [2.45, 2.75) is 19.9 Å². The number of carbonyl (C=O) groups is 1. The van der Waals surface area contributed by atoms with Gasteiger partial charge in [0.05, 0.1) is 5.52 Å². The number of hydrogen-bond donors (Lipinski definition) is 0. The zero-order valence-corrected chi connectivity index (χ0v) is 9.78. The van der Waals surface area contributed by atoms with E-state index in [0.29, 0.717) is 16.1 Å². The van der Waals surface area contributed by atoms with Crippen LogP contribution in [-0.2, 0) is 11.3 Å². The first-order chi connectivity index (χ1) is 7.99. The van der Waals surface area contributed by atoms with Gasteiger partial charge in [0.1, 0.15) is 0 Å². The molecule has 0 aliphatic heterocycles. The fourth-order valence-electron chi connectivity index (χ4n) is 1.60. The third kappa shape index (κ3) is 2.19. The molecule has 1 aromatic heterocycles. The number of carbonyl (C=O) groups excluding carboxylic acids is 1. The molecule has 1 aromatic carbocycles. The number of carboxylic acid groups (broad SMARTS) is 1. The normalized spacial score (nSPS) is 10.9. The van der Waals surface area contributed by atoms with E-state index in [2.05, 4.69) is 0 Å². The Morgan fingerprint density at radius 1 is 1.53 bits per heavy atom. The fourth-order valence-corrected chi connectivity index (χ4v) is 1.76. The summed E-state index contributed by atoms with van der Waals surface area (Å²) in [7, 11) is 0. The number of nitrogens with zero attached hydrogens (tertiary/aromatic N) is 1. The number of carboxylic acids is 1. The van der Waals surface area contributed by atoms with Gasteiger partial charge >= 0.3 is 5.76 Å². The third-order valence-electron chi connectivity index (χ3n) is 2.49. The standard InChI is InChI=1S/C11H10ClNO4/c1-6-4-9-8(5-7(6)12)13(11(16)17-9)3-2-10(14)15/h4-5H,2-3H2,1H3,(H,14,15)/p-1. The smallest absolute Gasteiger partial charge is 0.419 e. The van der Waals surface area contributed by atoms with Gasteiger partial charge in [-0.25, -0.2) is 4.79 Å². The molecule has 2 aromatic rings. The van der Waals surface area contributed by atoms with E-state index < -0.39 is 11.7 Å². The largest absolute Gasteiger partial charge is 0.550 e. The van der Waals surface area contributed by atoms with Crippen LogP contribution < -0.4 is 10.9 Å². The molecule has 17 heavy (non-hydrogen) atoms. The molecule has 6 heteroatoms. The second-order valence-electron chi connectivity index (χ2n) is 3.71. The second kappa shape index (κ2) is 4.25. The van der Waals surface area contributed by atoms with Crippen LogP contribution in [-0.4, -0.2) is 10.5 Å². The monoisotopic (exact) mass is 254 g/mol. The summed E-state index contributed by atoms with van der Waals surface area (Å²) in [6.45, 7) is 1.80. The Labute approximate surface area is 101 Å². The van der Waals surface area contributed by atoms with Crippen LogP contribution in [0.4, 0.5) is 0 Å². The van der Waals surface area contributed by atoms with Crippen molar-refractivity contribution in [1.82, 2.24) is 4.57 Å². The lowest BCUT2D eigenvalue weighted by Crippen LogP contribution is -2.25. The van der Waals surface area contributed by atoms with Crippen molar-refractivity contribution in [3.63, 3.8) is 0 Å². The van der Waals surface area contributed by atoms with Crippen molar-refractivity contribution in [3.05, 3.63) is 33.3 Å². The predicted molar refractivity (Wildman–Crippen MR) is 59.8 cm³/mol. The molecule has 2 rings (SSSR count). The Hall–Kier alpha value is -1.75. The summed E-state index contributed by atoms with van der Waals surface area (Å²) in [4.78, 5) is 21.9.